The SMILES string of the molecule is O=C(Cc1c(F)cccc1F)C1=CCCCCC1. The molecular weight excluding hydrogens is 234 g/mol. The Labute approximate surface area is 106 Å². The number of Topliss-reactive ketones (excluding diaryl/α,β-unsaturated/α-hetero) is 1. The molecule has 1 nitrogen and oxygen atoms in total. The van der Waals surface area contributed by atoms with E-state index in [-0.39, 0.29) is 17.8 Å². The molecule has 0 aromatic heterocycles. The van der Waals surface area contributed by atoms with Gasteiger partial charge in [-0.15, -0.1) is 0 Å². The quantitative estimate of drug-likeness (QED) is 0.793. The molecule has 1 aliphatic carbocycles. The van der Waals surface area contributed by atoms with E-state index in [2.05, 4.69) is 0 Å². The molecule has 0 heterocycles. The number of halogens is 2. The van der Waals surface area contributed by atoms with E-state index in [1.54, 1.807) is 0 Å². The summed E-state index contributed by atoms with van der Waals surface area (Å²) in [5, 5.41) is 0. The van der Waals surface area contributed by atoms with Crippen LogP contribution < -0.4 is 0 Å². The maximum absolute atomic E-state index is 13.4. The van der Waals surface area contributed by atoms with Crippen molar-refractivity contribution in [1.29, 1.82) is 0 Å². The number of carbonyl (C=O) groups is 1. The van der Waals surface area contributed by atoms with Gasteiger partial charge in [-0.1, -0.05) is 18.6 Å². The van der Waals surface area contributed by atoms with Gasteiger partial charge in [-0.3, -0.25) is 4.79 Å². The molecule has 1 aromatic carbocycles. The fourth-order valence-electron chi connectivity index (χ4n) is 2.24. The highest BCUT2D eigenvalue weighted by Crippen LogP contribution is 2.21. The fourth-order valence-corrected chi connectivity index (χ4v) is 2.24. The minimum atomic E-state index is -0.641. The van der Waals surface area contributed by atoms with Crippen molar-refractivity contribution in [1.82, 2.24) is 0 Å². The summed E-state index contributed by atoms with van der Waals surface area (Å²) in [5.74, 6) is -1.43. The van der Waals surface area contributed by atoms with Crippen molar-refractivity contribution >= 4 is 5.78 Å². The summed E-state index contributed by atoms with van der Waals surface area (Å²) in [6.45, 7) is 0. The molecule has 0 aliphatic heterocycles. The first-order chi connectivity index (χ1) is 8.68. The summed E-state index contributed by atoms with van der Waals surface area (Å²) >= 11 is 0. The van der Waals surface area contributed by atoms with Gasteiger partial charge in [0.1, 0.15) is 11.6 Å². The summed E-state index contributed by atoms with van der Waals surface area (Å²) in [6.07, 6.45) is 6.55. The molecule has 0 amide bonds. The summed E-state index contributed by atoms with van der Waals surface area (Å²) in [4.78, 5) is 12.0. The molecule has 0 radical (unpaired) electrons. The first kappa shape index (κ1) is 12.9. The normalized spacial score (nSPS) is 16.0. The van der Waals surface area contributed by atoms with Crippen LogP contribution in [0.1, 0.15) is 37.7 Å². The van der Waals surface area contributed by atoms with Crippen molar-refractivity contribution in [2.45, 2.75) is 38.5 Å². The second-order valence-electron chi connectivity index (χ2n) is 4.63. The summed E-state index contributed by atoms with van der Waals surface area (Å²) in [5.41, 5.74) is 0.614. The lowest BCUT2D eigenvalue weighted by Gasteiger charge is -2.06. The van der Waals surface area contributed by atoms with Crippen molar-refractivity contribution in [3.8, 4) is 0 Å². The molecule has 1 aliphatic rings. The third-order valence-corrected chi connectivity index (χ3v) is 3.30. The van der Waals surface area contributed by atoms with E-state index in [9.17, 15) is 13.6 Å². The van der Waals surface area contributed by atoms with Gasteiger partial charge in [0.15, 0.2) is 5.78 Å². The van der Waals surface area contributed by atoms with Gasteiger partial charge < -0.3 is 0 Å². The van der Waals surface area contributed by atoms with Crippen LogP contribution in [0.4, 0.5) is 8.78 Å². The average Bonchev–Trinajstić information content (AvgIpc) is 2.62. The number of hydrogen-bond acceptors (Lipinski definition) is 1. The first-order valence-electron chi connectivity index (χ1n) is 6.33. The van der Waals surface area contributed by atoms with Gasteiger partial charge in [0.2, 0.25) is 0 Å². The van der Waals surface area contributed by atoms with Gasteiger partial charge in [-0.25, -0.2) is 8.78 Å². The standard InChI is InChI=1S/C15H16F2O/c16-13-8-5-9-14(17)12(13)10-15(18)11-6-3-1-2-4-7-11/h5-6,8-9H,1-4,7,10H2. The predicted molar refractivity (Wildman–Crippen MR) is 66.2 cm³/mol. The molecule has 0 bridgehead atoms. The summed E-state index contributed by atoms with van der Waals surface area (Å²) in [7, 11) is 0. The molecular formula is C15H16F2O. The van der Waals surface area contributed by atoms with Crippen LogP contribution in [0.15, 0.2) is 29.8 Å². The van der Waals surface area contributed by atoms with Gasteiger partial charge in [0, 0.05) is 12.0 Å². The minimum Gasteiger partial charge on any atom is -0.294 e. The maximum atomic E-state index is 13.4. The number of ketones is 1. The lowest BCUT2D eigenvalue weighted by molar-refractivity contribution is -0.115. The van der Waals surface area contributed by atoms with Crippen molar-refractivity contribution in [3.05, 3.63) is 47.0 Å². The Balaban J connectivity index is 2.13. The second-order valence-corrected chi connectivity index (χ2v) is 4.63. The number of rotatable bonds is 3. The first-order valence-corrected chi connectivity index (χ1v) is 6.33. The highest BCUT2D eigenvalue weighted by Gasteiger charge is 2.16. The van der Waals surface area contributed by atoms with Gasteiger partial charge in [-0.2, -0.15) is 0 Å². The zero-order chi connectivity index (χ0) is 13.0. The molecule has 0 spiro atoms. The Kier molecular flexibility index (Phi) is 4.24. The summed E-state index contributed by atoms with van der Waals surface area (Å²) in [6, 6.07) is 3.68. The van der Waals surface area contributed by atoms with E-state index in [0.717, 1.165) is 37.7 Å². The smallest absolute Gasteiger partial charge is 0.163 e. The lowest BCUT2D eigenvalue weighted by Crippen LogP contribution is -2.09. The number of benzene rings is 1. The maximum Gasteiger partial charge on any atom is 0.163 e. The molecule has 0 atom stereocenters. The molecule has 0 fully saturated rings. The molecule has 0 unspecified atom stereocenters. The van der Waals surface area contributed by atoms with Crippen LogP contribution in [0.25, 0.3) is 0 Å². The highest BCUT2D eigenvalue weighted by molar-refractivity contribution is 5.96. The Morgan fingerprint density at radius 1 is 1.11 bits per heavy atom. The third-order valence-electron chi connectivity index (χ3n) is 3.30. The van der Waals surface area contributed by atoms with E-state index < -0.39 is 11.6 Å². The van der Waals surface area contributed by atoms with Crippen molar-refractivity contribution in [2.75, 3.05) is 0 Å². The minimum absolute atomic E-state index is 0.118. The summed E-state index contributed by atoms with van der Waals surface area (Å²) < 4.78 is 26.9. The predicted octanol–water partition coefficient (Wildman–Crippen LogP) is 3.97. The third kappa shape index (κ3) is 3.03. The Morgan fingerprint density at radius 2 is 1.83 bits per heavy atom. The van der Waals surface area contributed by atoms with Crippen molar-refractivity contribution < 1.29 is 13.6 Å². The molecule has 0 N–H and O–H groups in total. The zero-order valence-electron chi connectivity index (χ0n) is 10.2. The van der Waals surface area contributed by atoms with E-state index in [1.165, 1.54) is 18.2 Å². The lowest BCUT2D eigenvalue weighted by atomic mass is 9.99. The Bertz CT molecular complexity index is 457. The number of allylic oxidation sites excluding steroid dienone is 2. The fraction of sp³-hybridized carbons (Fsp3) is 0.400. The molecule has 18 heavy (non-hydrogen) atoms. The molecule has 0 saturated carbocycles. The van der Waals surface area contributed by atoms with Crippen LogP contribution in [0.5, 0.6) is 0 Å². The highest BCUT2D eigenvalue weighted by atomic mass is 19.1. The van der Waals surface area contributed by atoms with E-state index >= 15 is 0 Å². The van der Waals surface area contributed by atoms with Gasteiger partial charge in [-0.05, 0) is 43.4 Å². The Hall–Kier alpha value is -1.51. The van der Waals surface area contributed by atoms with E-state index in [4.69, 9.17) is 0 Å². The van der Waals surface area contributed by atoms with Gasteiger partial charge in [0.25, 0.3) is 0 Å². The van der Waals surface area contributed by atoms with Gasteiger partial charge >= 0.3 is 0 Å². The Morgan fingerprint density at radius 3 is 2.56 bits per heavy atom. The molecule has 3 heteroatoms. The molecule has 1 aromatic rings. The van der Waals surface area contributed by atoms with E-state index in [0.29, 0.717) is 0 Å². The largest absolute Gasteiger partial charge is 0.294 e. The van der Waals surface area contributed by atoms with Crippen molar-refractivity contribution in [3.63, 3.8) is 0 Å². The molecule has 2 rings (SSSR count). The number of carbonyl (C=O) groups excluding carboxylic acids is 1. The van der Waals surface area contributed by atoms with Crippen LogP contribution in [-0.4, -0.2) is 5.78 Å². The zero-order valence-corrected chi connectivity index (χ0v) is 10.2. The van der Waals surface area contributed by atoms with E-state index in [1.807, 2.05) is 6.08 Å². The van der Waals surface area contributed by atoms with Gasteiger partial charge in [0.05, 0.1) is 0 Å². The van der Waals surface area contributed by atoms with Crippen LogP contribution in [0, 0.1) is 11.6 Å². The average molecular weight is 250 g/mol. The van der Waals surface area contributed by atoms with Crippen LogP contribution >= 0.6 is 0 Å². The van der Waals surface area contributed by atoms with Crippen molar-refractivity contribution in [2.24, 2.45) is 0 Å². The topological polar surface area (TPSA) is 17.1 Å². The van der Waals surface area contributed by atoms with Crippen LogP contribution in [0.2, 0.25) is 0 Å². The second kappa shape index (κ2) is 5.89. The van der Waals surface area contributed by atoms with Crippen LogP contribution in [-0.2, 0) is 11.2 Å². The van der Waals surface area contributed by atoms with Crippen LogP contribution in [0.3, 0.4) is 0 Å². The monoisotopic (exact) mass is 250 g/mol. The molecule has 96 valence electrons. The number of hydrogen-bond donors (Lipinski definition) is 0. The molecule has 0 saturated heterocycles.